The predicted molar refractivity (Wildman–Crippen MR) is 133 cm³/mol. The van der Waals surface area contributed by atoms with Gasteiger partial charge in [0.1, 0.15) is 12.6 Å². The third kappa shape index (κ3) is 7.86. The van der Waals surface area contributed by atoms with E-state index in [2.05, 4.69) is 5.32 Å². The Balaban J connectivity index is 2.48. The average molecular weight is 548 g/mol. The Morgan fingerprint density at radius 2 is 1.72 bits per heavy atom. The summed E-state index contributed by atoms with van der Waals surface area (Å²) in [5.41, 5.74) is -0.899. The number of rotatable bonds is 11. The van der Waals surface area contributed by atoms with Gasteiger partial charge in [0.05, 0.1) is 22.5 Å². The summed E-state index contributed by atoms with van der Waals surface area (Å²) >= 11 is 5.68. The van der Waals surface area contributed by atoms with E-state index in [1.54, 1.807) is 37.3 Å². The minimum Gasteiger partial charge on any atom is -0.354 e. The van der Waals surface area contributed by atoms with E-state index >= 15 is 0 Å². The van der Waals surface area contributed by atoms with E-state index in [-0.39, 0.29) is 18.7 Å². The lowest BCUT2D eigenvalue weighted by Crippen LogP contribution is -2.52. The van der Waals surface area contributed by atoms with Crippen LogP contribution in [0.15, 0.2) is 48.5 Å². The monoisotopic (exact) mass is 547 g/mol. The molecule has 0 heterocycles. The highest BCUT2D eigenvalue weighted by molar-refractivity contribution is 7.92. The number of benzene rings is 2. The van der Waals surface area contributed by atoms with Crippen molar-refractivity contribution in [1.29, 1.82) is 0 Å². The van der Waals surface area contributed by atoms with Gasteiger partial charge in [0.2, 0.25) is 21.8 Å². The van der Waals surface area contributed by atoms with Gasteiger partial charge in [-0.2, -0.15) is 13.2 Å². The van der Waals surface area contributed by atoms with Gasteiger partial charge in [-0.05, 0) is 36.6 Å². The molecule has 1 N–H and O–H groups in total. The van der Waals surface area contributed by atoms with Gasteiger partial charge in [-0.1, -0.05) is 55.8 Å². The molecule has 0 aromatic heterocycles. The maximum atomic E-state index is 13.5. The summed E-state index contributed by atoms with van der Waals surface area (Å²) < 4.78 is 65.9. The summed E-state index contributed by atoms with van der Waals surface area (Å²) in [7, 11) is -4.19. The van der Waals surface area contributed by atoms with Crippen molar-refractivity contribution in [3.05, 3.63) is 64.7 Å². The third-order valence-corrected chi connectivity index (χ3v) is 6.82. The fourth-order valence-corrected chi connectivity index (χ4v) is 4.63. The first-order valence-electron chi connectivity index (χ1n) is 11.2. The minimum absolute atomic E-state index is 0.00372. The van der Waals surface area contributed by atoms with Crippen LogP contribution in [0.1, 0.15) is 37.8 Å². The highest BCUT2D eigenvalue weighted by Gasteiger charge is 2.36. The Morgan fingerprint density at radius 3 is 2.25 bits per heavy atom. The normalized spacial score (nSPS) is 12.6. The number of anilines is 1. The molecular formula is C24H29ClF3N3O4S. The smallest absolute Gasteiger partial charge is 0.354 e. The second kappa shape index (κ2) is 12.4. The molecule has 0 aliphatic rings. The number of hydrogen-bond donors (Lipinski definition) is 1. The van der Waals surface area contributed by atoms with Crippen molar-refractivity contribution in [3.8, 4) is 0 Å². The highest BCUT2D eigenvalue weighted by Crippen LogP contribution is 2.37. The van der Waals surface area contributed by atoms with E-state index in [0.717, 1.165) is 18.4 Å². The average Bonchev–Trinajstić information content (AvgIpc) is 2.80. The summed E-state index contributed by atoms with van der Waals surface area (Å²) in [6.07, 6.45) is -3.12. The Hall–Kier alpha value is -2.79. The van der Waals surface area contributed by atoms with Crippen LogP contribution in [0.25, 0.3) is 0 Å². The van der Waals surface area contributed by atoms with E-state index < -0.39 is 51.2 Å². The first kappa shape index (κ1) is 29.4. The van der Waals surface area contributed by atoms with Crippen molar-refractivity contribution >= 4 is 39.1 Å². The van der Waals surface area contributed by atoms with Gasteiger partial charge >= 0.3 is 6.18 Å². The molecule has 0 radical (unpaired) electrons. The molecule has 0 fully saturated rings. The fourth-order valence-electron chi connectivity index (χ4n) is 3.56. The molecule has 12 heteroatoms. The van der Waals surface area contributed by atoms with E-state index in [0.29, 0.717) is 28.9 Å². The lowest BCUT2D eigenvalue weighted by molar-refractivity contribution is -0.140. The number of amides is 2. The maximum Gasteiger partial charge on any atom is 0.417 e. The maximum absolute atomic E-state index is 13.5. The molecule has 0 aliphatic heterocycles. The van der Waals surface area contributed by atoms with Crippen LogP contribution in [-0.2, 0) is 32.3 Å². The van der Waals surface area contributed by atoms with Crippen LogP contribution in [0.4, 0.5) is 18.9 Å². The fraction of sp³-hybridized carbons (Fsp3) is 0.417. The summed E-state index contributed by atoms with van der Waals surface area (Å²) in [6.45, 7) is 3.18. The van der Waals surface area contributed by atoms with Gasteiger partial charge in [-0.25, -0.2) is 8.42 Å². The SMILES string of the molecule is CCCNC(=O)C(CC)N(Cc1ccccc1)C(=O)CN(c1ccc(Cl)c(C(F)(F)F)c1)S(C)(=O)=O. The number of halogens is 4. The first-order chi connectivity index (χ1) is 16.8. The van der Waals surface area contributed by atoms with E-state index in [9.17, 15) is 31.2 Å². The lowest BCUT2D eigenvalue weighted by Gasteiger charge is -2.33. The van der Waals surface area contributed by atoms with Crippen LogP contribution in [0.2, 0.25) is 5.02 Å². The molecule has 0 spiro atoms. The van der Waals surface area contributed by atoms with Crippen LogP contribution in [0.5, 0.6) is 0 Å². The molecule has 2 aromatic rings. The van der Waals surface area contributed by atoms with Crippen molar-refractivity contribution in [1.82, 2.24) is 10.2 Å². The van der Waals surface area contributed by atoms with Crippen molar-refractivity contribution in [3.63, 3.8) is 0 Å². The molecule has 0 saturated carbocycles. The predicted octanol–water partition coefficient (Wildman–Crippen LogP) is 4.46. The lowest BCUT2D eigenvalue weighted by atomic mass is 10.1. The molecule has 1 unspecified atom stereocenters. The molecule has 0 aliphatic carbocycles. The van der Waals surface area contributed by atoms with Gasteiger partial charge < -0.3 is 10.2 Å². The van der Waals surface area contributed by atoms with Crippen LogP contribution in [-0.4, -0.2) is 50.5 Å². The van der Waals surface area contributed by atoms with Crippen molar-refractivity contribution in [2.45, 2.75) is 45.5 Å². The first-order valence-corrected chi connectivity index (χ1v) is 13.5. The van der Waals surface area contributed by atoms with Crippen molar-refractivity contribution in [2.24, 2.45) is 0 Å². The molecule has 2 aromatic carbocycles. The van der Waals surface area contributed by atoms with Gasteiger partial charge in [-0.3, -0.25) is 13.9 Å². The highest BCUT2D eigenvalue weighted by atomic mass is 35.5. The molecule has 198 valence electrons. The molecule has 0 bridgehead atoms. The number of sulfonamides is 1. The van der Waals surface area contributed by atoms with Crippen molar-refractivity contribution in [2.75, 3.05) is 23.7 Å². The van der Waals surface area contributed by atoms with Gasteiger partial charge in [0.15, 0.2) is 0 Å². The van der Waals surface area contributed by atoms with Crippen LogP contribution in [0.3, 0.4) is 0 Å². The van der Waals surface area contributed by atoms with E-state index in [1.807, 2.05) is 6.92 Å². The number of hydrogen-bond acceptors (Lipinski definition) is 4. The summed E-state index contributed by atoms with van der Waals surface area (Å²) in [5.74, 6) is -1.15. The van der Waals surface area contributed by atoms with Crippen LogP contribution in [0, 0.1) is 0 Å². The summed E-state index contributed by atoms with van der Waals surface area (Å²) in [6, 6.07) is 10.5. The molecule has 36 heavy (non-hydrogen) atoms. The quantitative estimate of drug-likeness (QED) is 0.450. The molecular weight excluding hydrogens is 519 g/mol. The minimum atomic E-state index is -4.83. The zero-order chi connectivity index (χ0) is 27.1. The molecule has 2 amide bonds. The molecule has 1 atom stereocenters. The molecule has 2 rings (SSSR count). The number of alkyl halides is 3. The standard InChI is InChI=1S/C24H29ClF3N3O4S/c1-4-13-29-23(33)21(5-2)30(15-17-9-7-6-8-10-17)22(32)16-31(36(3,34)35)18-11-12-20(25)19(14-18)24(26,27)28/h6-12,14,21H,4-5,13,15-16H2,1-3H3,(H,29,33). The van der Waals surface area contributed by atoms with Gasteiger partial charge in [-0.15, -0.1) is 0 Å². The largest absolute Gasteiger partial charge is 0.417 e. The van der Waals surface area contributed by atoms with Crippen LogP contribution < -0.4 is 9.62 Å². The topological polar surface area (TPSA) is 86.8 Å². The Kier molecular flexibility index (Phi) is 10.2. The van der Waals surface area contributed by atoms with Gasteiger partial charge in [0, 0.05) is 13.1 Å². The number of carbonyl (C=O) groups excluding carboxylic acids is 2. The Labute approximate surface area is 214 Å². The van der Waals surface area contributed by atoms with Gasteiger partial charge in [0.25, 0.3) is 0 Å². The van der Waals surface area contributed by atoms with E-state index in [1.165, 1.54) is 4.90 Å². The zero-order valence-corrected chi connectivity index (χ0v) is 21.8. The second-order valence-electron chi connectivity index (χ2n) is 8.15. The third-order valence-electron chi connectivity index (χ3n) is 5.35. The summed E-state index contributed by atoms with van der Waals surface area (Å²) in [5, 5.41) is 2.14. The second-order valence-corrected chi connectivity index (χ2v) is 10.5. The zero-order valence-electron chi connectivity index (χ0n) is 20.2. The number of nitrogens with one attached hydrogen (secondary N) is 1. The molecule has 7 nitrogen and oxygen atoms in total. The molecule has 0 saturated heterocycles. The number of nitrogens with zero attached hydrogens (tertiary/aromatic N) is 2. The van der Waals surface area contributed by atoms with E-state index in [4.69, 9.17) is 11.6 Å². The Bertz CT molecular complexity index is 1160. The number of carbonyl (C=O) groups is 2. The summed E-state index contributed by atoms with van der Waals surface area (Å²) in [4.78, 5) is 27.6. The van der Waals surface area contributed by atoms with Crippen LogP contribution >= 0.6 is 11.6 Å². The van der Waals surface area contributed by atoms with Crippen molar-refractivity contribution < 1.29 is 31.2 Å². The Morgan fingerprint density at radius 1 is 1.08 bits per heavy atom.